The van der Waals surface area contributed by atoms with Crippen molar-refractivity contribution in [2.75, 3.05) is 52.9 Å². The summed E-state index contributed by atoms with van der Waals surface area (Å²) in [5.74, 6) is 1.29. The zero-order valence-corrected chi connectivity index (χ0v) is 24.0. The Morgan fingerprint density at radius 2 is 1.91 bits per heavy atom. The van der Waals surface area contributed by atoms with Crippen molar-refractivity contribution in [3.05, 3.63) is 17.5 Å². The van der Waals surface area contributed by atoms with Crippen LogP contribution in [-0.2, 0) is 18.3 Å². The zero-order valence-electron chi connectivity index (χ0n) is 21.7. The number of aryl methyl sites for hydroxylation is 1. The van der Waals surface area contributed by atoms with E-state index in [0.717, 1.165) is 44.4 Å². The fourth-order valence-corrected chi connectivity index (χ4v) is 3.74. The van der Waals surface area contributed by atoms with Crippen molar-refractivity contribution in [1.82, 2.24) is 29.8 Å². The molecule has 1 aromatic heterocycles. The molecule has 0 spiro atoms. The third-order valence-corrected chi connectivity index (χ3v) is 5.29. The molecule has 2 heterocycles. The molecule has 0 unspecified atom stereocenters. The quantitative estimate of drug-likeness (QED) is 0.305. The Kier molecular flexibility index (Phi) is 11.9. The van der Waals surface area contributed by atoms with Crippen LogP contribution < -0.4 is 5.32 Å². The lowest BCUT2D eigenvalue weighted by atomic mass is 10.1. The highest BCUT2D eigenvalue weighted by molar-refractivity contribution is 14.0. The van der Waals surface area contributed by atoms with Crippen molar-refractivity contribution in [2.45, 2.75) is 59.6 Å². The number of ether oxygens (including phenoxy) is 1. The number of hydrogen-bond donors (Lipinski definition) is 1. The Morgan fingerprint density at radius 1 is 1.27 bits per heavy atom. The normalized spacial score (nSPS) is 15.4. The number of carbonyl (C=O) groups excluding carboxylic acids is 1. The van der Waals surface area contributed by atoms with Crippen molar-refractivity contribution in [3.63, 3.8) is 0 Å². The van der Waals surface area contributed by atoms with E-state index >= 15 is 0 Å². The average Bonchev–Trinajstić information content (AvgIpc) is 3.06. The number of amides is 1. The van der Waals surface area contributed by atoms with E-state index < -0.39 is 5.60 Å². The van der Waals surface area contributed by atoms with Gasteiger partial charge in [-0.3, -0.25) is 14.6 Å². The molecule has 0 atom stereocenters. The van der Waals surface area contributed by atoms with E-state index in [2.05, 4.69) is 54.2 Å². The van der Waals surface area contributed by atoms with E-state index in [1.165, 1.54) is 5.56 Å². The van der Waals surface area contributed by atoms with E-state index in [1.807, 2.05) is 32.5 Å². The SMILES string of the molecule is CCNC(=NCCN1CCN(C(=O)OC(C)(C)C)CC1)N(C)Cc1cn(C)nc1C(C)C.I. The van der Waals surface area contributed by atoms with Crippen molar-refractivity contribution in [1.29, 1.82) is 0 Å². The molecule has 2 rings (SSSR count). The van der Waals surface area contributed by atoms with Crippen molar-refractivity contribution in [3.8, 4) is 0 Å². The molecule has 1 saturated heterocycles. The van der Waals surface area contributed by atoms with Crippen LogP contribution in [0.15, 0.2) is 11.2 Å². The lowest BCUT2D eigenvalue weighted by Gasteiger charge is -2.35. The molecule has 190 valence electrons. The number of nitrogens with zero attached hydrogens (tertiary/aromatic N) is 6. The van der Waals surface area contributed by atoms with Crippen LogP contribution in [0.2, 0.25) is 0 Å². The predicted octanol–water partition coefficient (Wildman–Crippen LogP) is 3.11. The Labute approximate surface area is 216 Å². The Bertz CT molecular complexity index is 765. The molecule has 1 aliphatic rings. The molecule has 33 heavy (non-hydrogen) atoms. The number of rotatable bonds is 7. The van der Waals surface area contributed by atoms with Gasteiger partial charge in [0.15, 0.2) is 5.96 Å². The molecular formula is C23H44IN7O2. The van der Waals surface area contributed by atoms with E-state index in [1.54, 1.807) is 4.90 Å². The van der Waals surface area contributed by atoms with E-state index in [9.17, 15) is 4.79 Å². The van der Waals surface area contributed by atoms with Crippen molar-refractivity contribution in [2.24, 2.45) is 12.0 Å². The number of nitrogens with one attached hydrogen (secondary N) is 1. The monoisotopic (exact) mass is 577 g/mol. The average molecular weight is 578 g/mol. The minimum absolute atomic E-state index is 0. The fraction of sp³-hybridized carbons (Fsp3) is 0.783. The largest absolute Gasteiger partial charge is 0.444 e. The summed E-state index contributed by atoms with van der Waals surface area (Å²) < 4.78 is 7.37. The first-order valence-corrected chi connectivity index (χ1v) is 11.7. The molecule has 1 aromatic rings. The Morgan fingerprint density at radius 3 is 2.45 bits per heavy atom. The second-order valence-electron chi connectivity index (χ2n) is 9.77. The number of aromatic nitrogens is 2. The lowest BCUT2D eigenvalue weighted by Crippen LogP contribution is -2.50. The van der Waals surface area contributed by atoms with Gasteiger partial charge in [-0.2, -0.15) is 5.10 Å². The smallest absolute Gasteiger partial charge is 0.410 e. The number of hydrogen-bond acceptors (Lipinski definition) is 5. The molecule has 0 saturated carbocycles. The maximum absolute atomic E-state index is 12.2. The summed E-state index contributed by atoms with van der Waals surface area (Å²) in [7, 11) is 4.04. The highest BCUT2D eigenvalue weighted by Gasteiger charge is 2.25. The van der Waals surface area contributed by atoms with Gasteiger partial charge in [-0.25, -0.2) is 4.79 Å². The second-order valence-corrected chi connectivity index (χ2v) is 9.77. The van der Waals surface area contributed by atoms with Gasteiger partial charge in [-0.1, -0.05) is 13.8 Å². The summed E-state index contributed by atoms with van der Waals surface area (Å²) in [5, 5.41) is 8.02. The topological polar surface area (TPSA) is 78.2 Å². The van der Waals surface area contributed by atoms with Gasteiger partial charge in [0.25, 0.3) is 0 Å². The number of carbonyl (C=O) groups is 1. The standard InChI is InChI=1S/C23H43N7O2.HI/c1-9-24-21(27(7)16-19-17-28(8)26-20(19)18(2)3)25-10-11-29-12-14-30(15-13-29)22(31)32-23(4,5)6;/h17-18H,9-16H2,1-8H3,(H,24,25);1H. The molecule has 0 bridgehead atoms. The molecule has 1 N–H and O–H groups in total. The third-order valence-electron chi connectivity index (χ3n) is 5.29. The fourth-order valence-electron chi connectivity index (χ4n) is 3.74. The molecule has 0 aromatic carbocycles. The molecule has 1 aliphatic heterocycles. The van der Waals surface area contributed by atoms with Crippen LogP contribution in [0.25, 0.3) is 0 Å². The zero-order chi connectivity index (χ0) is 23.9. The predicted molar refractivity (Wildman–Crippen MR) is 144 cm³/mol. The molecule has 1 amide bonds. The number of piperazine rings is 1. The van der Waals surface area contributed by atoms with Gasteiger partial charge in [0, 0.05) is 71.7 Å². The van der Waals surface area contributed by atoms with Crippen LogP contribution >= 0.6 is 24.0 Å². The summed E-state index contributed by atoms with van der Waals surface area (Å²) in [6.45, 7) is 18.4. The first-order chi connectivity index (χ1) is 15.0. The highest BCUT2D eigenvalue weighted by atomic mass is 127. The minimum atomic E-state index is -0.455. The summed E-state index contributed by atoms with van der Waals surface area (Å²) in [6.07, 6.45) is 1.88. The van der Waals surface area contributed by atoms with Crippen LogP contribution in [0.1, 0.15) is 58.7 Å². The van der Waals surface area contributed by atoms with Crippen molar-refractivity contribution < 1.29 is 9.53 Å². The number of halogens is 1. The summed E-state index contributed by atoms with van der Waals surface area (Å²) in [6, 6.07) is 0. The van der Waals surface area contributed by atoms with Crippen LogP contribution in [0.5, 0.6) is 0 Å². The summed E-state index contributed by atoms with van der Waals surface area (Å²) in [4.78, 5) is 23.4. The van der Waals surface area contributed by atoms with Gasteiger partial charge in [0.1, 0.15) is 5.60 Å². The summed E-state index contributed by atoms with van der Waals surface area (Å²) in [5.41, 5.74) is 1.91. The molecule has 9 nitrogen and oxygen atoms in total. The van der Waals surface area contributed by atoms with Gasteiger partial charge in [0.2, 0.25) is 0 Å². The maximum atomic E-state index is 12.2. The van der Waals surface area contributed by atoms with Gasteiger partial charge in [-0.15, -0.1) is 24.0 Å². The summed E-state index contributed by atoms with van der Waals surface area (Å²) >= 11 is 0. The minimum Gasteiger partial charge on any atom is -0.444 e. The van der Waals surface area contributed by atoms with E-state index in [-0.39, 0.29) is 30.1 Å². The highest BCUT2D eigenvalue weighted by Crippen LogP contribution is 2.18. The molecule has 0 radical (unpaired) electrons. The maximum Gasteiger partial charge on any atom is 0.410 e. The Balaban J connectivity index is 0.00000544. The van der Waals surface area contributed by atoms with Gasteiger partial charge < -0.3 is 19.9 Å². The van der Waals surface area contributed by atoms with Gasteiger partial charge in [-0.05, 0) is 33.6 Å². The van der Waals surface area contributed by atoms with Crippen LogP contribution in [0.3, 0.4) is 0 Å². The molecule has 0 aliphatic carbocycles. The first-order valence-electron chi connectivity index (χ1n) is 11.7. The van der Waals surface area contributed by atoms with Gasteiger partial charge >= 0.3 is 6.09 Å². The second kappa shape index (κ2) is 13.4. The van der Waals surface area contributed by atoms with Crippen LogP contribution in [0, 0.1) is 0 Å². The number of guanidine groups is 1. The lowest BCUT2D eigenvalue weighted by molar-refractivity contribution is 0.0148. The Hall–Kier alpha value is -1.56. The van der Waals surface area contributed by atoms with Gasteiger partial charge in [0.05, 0.1) is 12.2 Å². The molecule has 10 heteroatoms. The third kappa shape index (κ3) is 9.68. The van der Waals surface area contributed by atoms with E-state index in [4.69, 9.17) is 9.73 Å². The first kappa shape index (κ1) is 29.5. The molecule has 1 fully saturated rings. The molecular weight excluding hydrogens is 533 g/mol. The van der Waals surface area contributed by atoms with Crippen LogP contribution in [0.4, 0.5) is 4.79 Å². The number of aliphatic imine (C=N–C) groups is 1. The van der Waals surface area contributed by atoms with E-state index in [0.29, 0.717) is 25.6 Å². The van der Waals surface area contributed by atoms with Crippen molar-refractivity contribution >= 4 is 36.0 Å². The van der Waals surface area contributed by atoms with Crippen LogP contribution in [-0.4, -0.2) is 95.0 Å².